The predicted octanol–water partition coefficient (Wildman–Crippen LogP) is 5.03. The topological polar surface area (TPSA) is 15.3 Å². The molecule has 0 unspecified atom stereocenters. The van der Waals surface area contributed by atoms with Gasteiger partial charge in [0, 0.05) is 41.1 Å². The average Bonchev–Trinajstić information content (AvgIpc) is 2.92. The summed E-state index contributed by atoms with van der Waals surface area (Å²) in [7, 11) is 0. The van der Waals surface area contributed by atoms with Crippen molar-refractivity contribution >= 4 is 51.3 Å². The summed E-state index contributed by atoms with van der Waals surface area (Å²) in [6.45, 7) is 5.44. The molecule has 1 aromatic heterocycles. The normalized spacial score (nSPS) is 16.9. The van der Waals surface area contributed by atoms with E-state index < -0.39 is 0 Å². The van der Waals surface area contributed by atoms with Crippen molar-refractivity contribution in [2.75, 3.05) is 26.2 Å². The Bertz CT molecular complexity index is 674. The number of nitrogens with zero attached hydrogens (tertiary/aromatic N) is 1. The first kappa shape index (κ1) is 19.2. The van der Waals surface area contributed by atoms with Crippen LogP contribution < -0.4 is 5.32 Å². The van der Waals surface area contributed by atoms with Crippen LogP contribution in [0.1, 0.15) is 22.0 Å². The number of rotatable bonds is 3. The molecule has 1 aliphatic heterocycles. The lowest BCUT2D eigenvalue weighted by molar-refractivity contribution is 0.197. The Balaban J connectivity index is 0.00000192. The van der Waals surface area contributed by atoms with Crippen LogP contribution in [-0.2, 0) is 0 Å². The summed E-state index contributed by atoms with van der Waals surface area (Å²) < 4.78 is 16.4. The average molecular weight is 440 g/mol. The minimum atomic E-state index is -0.128. The van der Waals surface area contributed by atoms with Gasteiger partial charge in [-0.3, -0.25) is 4.90 Å². The second-order valence-corrected chi connectivity index (χ2v) is 8.12. The number of piperazine rings is 1. The molecule has 126 valence electrons. The summed E-state index contributed by atoms with van der Waals surface area (Å²) in [6, 6.07) is 7.52. The third-order valence-corrected chi connectivity index (χ3v) is 5.66. The van der Waals surface area contributed by atoms with Crippen molar-refractivity contribution in [1.82, 2.24) is 10.2 Å². The van der Waals surface area contributed by atoms with Crippen LogP contribution in [0.25, 0.3) is 0 Å². The van der Waals surface area contributed by atoms with E-state index in [4.69, 9.17) is 11.6 Å². The number of aryl methyl sites for hydroxylation is 1. The highest BCUT2D eigenvalue weighted by molar-refractivity contribution is 9.10. The Morgan fingerprint density at radius 1 is 1.30 bits per heavy atom. The van der Waals surface area contributed by atoms with Gasteiger partial charge < -0.3 is 5.32 Å². The maximum atomic E-state index is 14.8. The second-order valence-electron chi connectivity index (χ2n) is 5.46. The number of hydrogen-bond donors (Lipinski definition) is 1. The number of halogens is 4. The molecule has 0 saturated carbocycles. The van der Waals surface area contributed by atoms with Gasteiger partial charge in [0.25, 0.3) is 0 Å². The molecule has 1 aromatic carbocycles. The molecule has 0 radical (unpaired) electrons. The van der Waals surface area contributed by atoms with Gasteiger partial charge in [-0.05, 0) is 36.8 Å². The summed E-state index contributed by atoms with van der Waals surface area (Å²) in [5, 5.41) is 3.35. The number of thiophene rings is 1. The lowest BCUT2D eigenvalue weighted by Crippen LogP contribution is -2.45. The third kappa shape index (κ3) is 4.27. The molecule has 1 N–H and O–H groups in total. The molecule has 2 aromatic rings. The summed E-state index contributed by atoms with van der Waals surface area (Å²) in [5.41, 5.74) is 1.37. The fraction of sp³-hybridized carbons (Fsp3) is 0.375. The summed E-state index contributed by atoms with van der Waals surface area (Å²) in [5.74, 6) is -0.128. The van der Waals surface area contributed by atoms with Crippen molar-refractivity contribution in [3.63, 3.8) is 0 Å². The molecule has 2 nitrogen and oxygen atoms in total. The first-order valence-electron chi connectivity index (χ1n) is 7.22. The summed E-state index contributed by atoms with van der Waals surface area (Å²) in [4.78, 5) is 3.41. The fourth-order valence-corrected chi connectivity index (χ4v) is 4.70. The van der Waals surface area contributed by atoms with Gasteiger partial charge in [-0.1, -0.05) is 27.5 Å². The Hall–Kier alpha value is -0.170. The molecule has 0 aliphatic carbocycles. The van der Waals surface area contributed by atoms with E-state index in [1.807, 2.05) is 24.3 Å². The van der Waals surface area contributed by atoms with E-state index in [2.05, 4.69) is 26.1 Å². The monoisotopic (exact) mass is 438 g/mol. The molecule has 0 bridgehead atoms. The van der Waals surface area contributed by atoms with Crippen molar-refractivity contribution in [1.29, 1.82) is 0 Å². The Kier molecular flexibility index (Phi) is 6.89. The van der Waals surface area contributed by atoms with Crippen LogP contribution in [0.2, 0.25) is 4.34 Å². The molecular formula is C16H18BrCl2FN2S. The first-order valence-corrected chi connectivity index (χ1v) is 9.20. The molecule has 2 heterocycles. The van der Waals surface area contributed by atoms with E-state index in [-0.39, 0.29) is 24.3 Å². The van der Waals surface area contributed by atoms with E-state index in [1.165, 1.54) is 11.3 Å². The lowest BCUT2D eigenvalue weighted by Gasteiger charge is -2.35. The second kappa shape index (κ2) is 8.28. The minimum absolute atomic E-state index is 0. The van der Waals surface area contributed by atoms with Crippen LogP contribution in [0.3, 0.4) is 0 Å². The van der Waals surface area contributed by atoms with Crippen molar-refractivity contribution in [2.24, 2.45) is 0 Å². The third-order valence-electron chi connectivity index (χ3n) is 3.92. The SMILES string of the molecule is Cc1cc(Br)cc([C@H](c2ccc(Cl)s2)N2CCNCC2)c1F.Cl. The van der Waals surface area contributed by atoms with Crippen LogP contribution in [0.15, 0.2) is 28.7 Å². The van der Waals surface area contributed by atoms with Crippen molar-refractivity contribution in [3.05, 3.63) is 54.9 Å². The molecule has 23 heavy (non-hydrogen) atoms. The Morgan fingerprint density at radius 3 is 2.61 bits per heavy atom. The van der Waals surface area contributed by atoms with Gasteiger partial charge in [0.2, 0.25) is 0 Å². The zero-order valence-corrected chi connectivity index (χ0v) is 16.6. The summed E-state index contributed by atoms with van der Waals surface area (Å²) in [6.07, 6.45) is 0. The van der Waals surface area contributed by atoms with Gasteiger partial charge in [-0.15, -0.1) is 23.7 Å². The maximum Gasteiger partial charge on any atom is 0.131 e. The van der Waals surface area contributed by atoms with Gasteiger partial charge in [0.05, 0.1) is 10.4 Å². The minimum Gasteiger partial charge on any atom is -0.314 e. The fourth-order valence-electron chi connectivity index (χ4n) is 2.90. The van der Waals surface area contributed by atoms with Gasteiger partial charge >= 0.3 is 0 Å². The van der Waals surface area contributed by atoms with Crippen molar-refractivity contribution in [2.45, 2.75) is 13.0 Å². The van der Waals surface area contributed by atoms with Crippen molar-refractivity contribution < 1.29 is 4.39 Å². The quantitative estimate of drug-likeness (QED) is 0.721. The number of benzene rings is 1. The van der Waals surface area contributed by atoms with Crippen LogP contribution in [0.4, 0.5) is 4.39 Å². The predicted molar refractivity (Wildman–Crippen MR) is 102 cm³/mol. The largest absolute Gasteiger partial charge is 0.314 e. The van der Waals surface area contributed by atoms with Gasteiger partial charge in [-0.25, -0.2) is 4.39 Å². The van der Waals surface area contributed by atoms with Gasteiger partial charge in [-0.2, -0.15) is 0 Å². The van der Waals surface area contributed by atoms with Crippen LogP contribution in [0, 0.1) is 12.7 Å². The first-order chi connectivity index (χ1) is 10.6. The Morgan fingerprint density at radius 2 is 2.00 bits per heavy atom. The van der Waals surface area contributed by atoms with E-state index in [9.17, 15) is 4.39 Å². The highest BCUT2D eigenvalue weighted by Crippen LogP contribution is 2.38. The molecular weight excluding hydrogens is 422 g/mol. The Labute approximate surface area is 159 Å². The standard InChI is InChI=1S/C16H17BrClFN2S.ClH/c1-10-8-11(17)9-12(15(10)19)16(13-2-3-14(18)22-13)21-6-4-20-5-7-21;/h2-3,8-9,16,20H,4-7H2,1H3;1H/t16-;/m1./s1. The van der Waals surface area contributed by atoms with E-state index in [0.717, 1.165) is 39.9 Å². The maximum absolute atomic E-state index is 14.8. The molecule has 0 amide bonds. The number of nitrogens with one attached hydrogen (secondary N) is 1. The van der Waals surface area contributed by atoms with Gasteiger partial charge in [0.1, 0.15) is 5.82 Å². The molecule has 3 rings (SSSR count). The van der Waals surface area contributed by atoms with E-state index in [1.54, 1.807) is 6.92 Å². The highest BCUT2D eigenvalue weighted by atomic mass is 79.9. The van der Waals surface area contributed by atoms with E-state index >= 15 is 0 Å². The lowest BCUT2D eigenvalue weighted by atomic mass is 10.00. The van der Waals surface area contributed by atoms with Crippen LogP contribution >= 0.6 is 51.3 Å². The van der Waals surface area contributed by atoms with E-state index in [0.29, 0.717) is 11.1 Å². The zero-order chi connectivity index (χ0) is 15.7. The van der Waals surface area contributed by atoms with Gasteiger partial charge in [0.15, 0.2) is 0 Å². The molecule has 0 spiro atoms. The molecule has 1 aliphatic rings. The van der Waals surface area contributed by atoms with Crippen LogP contribution in [-0.4, -0.2) is 31.1 Å². The molecule has 7 heteroatoms. The molecule has 1 saturated heterocycles. The summed E-state index contributed by atoms with van der Waals surface area (Å²) >= 11 is 11.1. The highest BCUT2D eigenvalue weighted by Gasteiger charge is 2.28. The zero-order valence-electron chi connectivity index (χ0n) is 12.6. The van der Waals surface area contributed by atoms with Crippen molar-refractivity contribution in [3.8, 4) is 0 Å². The number of hydrogen-bond acceptors (Lipinski definition) is 3. The molecule has 1 atom stereocenters. The van der Waals surface area contributed by atoms with Crippen LogP contribution in [0.5, 0.6) is 0 Å². The molecule has 1 fully saturated rings. The smallest absolute Gasteiger partial charge is 0.131 e.